The fourth-order valence-electron chi connectivity index (χ4n) is 1.50. The first kappa shape index (κ1) is 11.8. The third-order valence-electron chi connectivity index (χ3n) is 2.23. The summed E-state index contributed by atoms with van der Waals surface area (Å²) in [7, 11) is 1.82. The lowest BCUT2D eigenvalue weighted by atomic mass is 10.4. The van der Waals surface area contributed by atoms with Gasteiger partial charge in [-0.3, -0.25) is 0 Å². The van der Waals surface area contributed by atoms with Crippen LogP contribution in [0.25, 0.3) is 10.2 Å². The molecule has 3 heterocycles. The van der Waals surface area contributed by atoms with Gasteiger partial charge in [-0.05, 0) is 24.8 Å². The summed E-state index contributed by atoms with van der Waals surface area (Å²) in [4.78, 5) is 11.2. The molecule has 8 heteroatoms. The van der Waals surface area contributed by atoms with Gasteiger partial charge in [0.15, 0.2) is 4.34 Å². The van der Waals surface area contributed by atoms with Crippen molar-refractivity contribution in [2.24, 2.45) is 0 Å². The predicted octanol–water partition coefficient (Wildman–Crippen LogP) is 3.04. The first-order chi connectivity index (χ1) is 8.76. The quantitative estimate of drug-likeness (QED) is 0.749. The fraction of sp³-hybridized carbons (Fsp3) is 0.200. The lowest BCUT2D eigenvalue weighted by Crippen LogP contribution is -1.96. The van der Waals surface area contributed by atoms with Crippen LogP contribution in [0, 0.1) is 6.92 Å². The zero-order chi connectivity index (χ0) is 12.5. The van der Waals surface area contributed by atoms with Crippen molar-refractivity contribution in [2.75, 3.05) is 12.4 Å². The average Bonchev–Trinajstić information content (AvgIpc) is 2.97. The summed E-state index contributed by atoms with van der Waals surface area (Å²) in [5, 5.41) is 12.9. The maximum absolute atomic E-state index is 4.49. The summed E-state index contributed by atoms with van der Waals surface area (Å²) < 4.78 is 0.890. The summed E-state index contributed by atoms with van der Waals surface area (Å²) in [6.07, 6.45) is 0. The van der Waals surface area contributed by atoms with Gasteiger partial charge in [-0.1, -0.05) is 11.3 Å². The minimum Gasteiger partial charge on any atom is -0.357 e. The molecular formula is C10H9N5S3. The number of hydrogen-bond donors (Lipinski definition) is 1. The summed E-state index contributed by atoms with van der Waals surface area (Å²) in [6, 6.07) is 2.11. The van der Waals surface area contributed by atoms with Crippen LogP contribution in [0.1, 0.15) is 4.88 Å². The van der Waals surface area contributed by atoms with Crippen molar-refractivity contribution >= 4 is 50.6 Å². The van der Waals surface area contributed by atoms with Gasteiger partial charge in [0.05, 0.1) is 0 Å². The maximum atomic E-state index is 4.49. The standard InChI is InChI=1S/C10H9N5S3/c1-5-3-6-7(17-5)13-9(11-2)14-8(6)18-10-15-12-4-16-10/h3-4H,1-2H3,(H,11,13,14). The Balaban J connectivity index is 2.13. The van der Waals surface area contributed by atoms with E-state index in [2.05, 4.69) is 38.5 Å². The molecule has 5 nitrogen and oxygen atoms in total. The normalized spacial score (nSPS) is 11.0. The molecule has 92 valence electrons. The first-order valence-corrected chi connectivity index (χ1v) is 7.67. The Morgan fingerprint density at radius 2 is 2.22 bits per heavy atom. The monoisotopic (exact) mass is 295 g/mol. The van der Waals surface area contributed by atoms with E-state index in [9.17, 15) is 0 Å². The number of rotatable bonds is 3. The molecule has 18 heavy (non-hydrogen) atoms. The minimum atomic E-state index is 0.636. The number of fused-ring (bicyclic) bond motifs is 1. The number of nitrogens with zero attached hydrogens (tertiary/aromatic N) is 4. The lowest BCUT2D eigenvalue weighted by Gasteiger charge is -2.02. The van der Waals surface area contributed by atoms with E-state index in [1.807, 2.05) is 7.05 Å². The Hall–Kier alpha value is -1.25. The van der Waals surface area contributed by atoms with Crippen molar-refractivity contribution < 1.29 is 0 Å². The van der Waals surface area contributed by atoms with Gasteiger partial charge < -0.3 is 5.32 Å². The lowest BCUT2D eigenvalue weighted by molar-refractivity contribution is 1.01. The van der Waals surface area contributed by atoms with Crippen molar-refractivity contribution in [3.8, 4) is 0 Å². The highest BCUT2D eigenvalue weighted by Crippen LogP contribution is 2.36. The van der Waals surface area contributed by atoms with Crippen LogP contribution in [0.4, 0.5) is 5.95 Å². The predicted molar refractivity (Wildman–Crippen MR) is 75.7 cm³/mol. The summed E-state index contributed by atoms with van der Waals surface area (Å²) in [5.41, 5.74) is 1.72. The molecule has 3 aromatic rings. The van der Waals surface area contributed by atoms with Crippen molar-refractivity contribution in [3.05, 3.63) is 16.5 Å². The number of thiophene rings is 1. The Kier molecular flexibility index (Phi) is 3.14. The molecule has 3 rings (SSSR count). The average molecular weight is 295 g/mol. The molecule has 0 spiro atoms. The maximum Gasteiger partial charge on any atom is 0.224 e. The number of aromatic nitrogens is 4. The van der Waals surface area contributed by atoms with Gasteiger partial charge in [-0.15, -0.1) is 21.5 Å². The SMILES string of the molecule is CNc1nc(Sc2nncs2)c2cc(C)sc2n1. The van der Waals surface area contributed by atoms with E-state index in [1.54, 1.807) is 16.8 Å². The van der Waals surface area contributed by atoms with Crippen molar-refractivity contribution in [3.63, 3.8) is 0 Å². The smallest absolute Gasteiger partial charge is 0.224 e. The van der Waals surface area contributed by atoms with Gasteiger partial charge in [-0.25, -0.2) is 9.97 Å². The molecule has 0 atom stereocenters. The van der Waals surface area contributed by atoms with Crippen LogP contribution in [0.15, 0.2) is 20.9 Å². The van der Waals surface area contributed by atoms with E-state index < -0.39 is 0 Å². The van der Waals surface area contributed by atoms with Gasteiger partial charge in [0.1, 0.15) is 15.4 Å². The van der Waals surface area contributed by atoms with Crippen LogP contribution in [-0.4, -0.2) is 27.2 Å². The minimum absolute atomic E-state index is 0.636. The molecule has 0 saturated heterocycles. The van der Waals surface area contributed by atoms with Crippen LogP contribution in [0.3, 0.4) is 0 Å². The van der Waals surface area contributed by atoms with E-state index in [4.69, 9.17) is 0 Å². The third-order valence-corrected chi connectivity index (χ3v) is 4.96. The summed E-state index contributed by atoms with van der Waals surface area (Å²) >= 11 is 4.71. The highest BCUT2D eigenvalue weighted by Gasteiger charge is 2.12. The van der Waals surface area contributed by atoms with Crippen molar-refractivity contribution in [1.82, 2.24) is 20.2 Å². The Labute approximate surface area is 116 Å². The number of nitrogens with one attached hydrogen (secondary N) is 1. The van der Waals surface area contributed by atoms with Gasteiger partial charge in [0.25, 0.3) is 0 Å². The van der Waals surface area contributed by atoms with Gasteiger partial charge >= 0.3 is 0 Å². The molecular weight excluding hydrogens is 286 g/mol. The first-order valence-electron chi connectivity index (χ1n) is 5.16. The molecule has 0 aliphatic carbocycles. The van der Waals surface area contributed by atoms with Crippen LogP contribution in [0.5, 0.6) is 0 Å². The van der Waals surface area contributed by atoms with E-state index in [0.717, 1.165) is 19.6 Å². The number of hydrogen-bond acceptors (Lipinski definition) is 8. The molecule has 0 aromatic carbocycles. The van der Waals surface area contributed by atoms with Gasteiger partial charge in [0, 0.05) is 17.3 Å². The largest absolute Gasteiger partial charge is 0.357 e. The second kappa shape index (κ2) is 4.79. The van der Waals surface area contributed by atoms with Crippen LogP contribution in [-0.2, 0) is 0 Å². The molecule has 0 amide bonds. The van der Waals surface area contributed by atoms with Gasteiger partial charge in [-0.2, -0.15) is 0 Å². The van der Waals surface area contributed by atoms with E-state index in [0.29, 0.717) is 5.95 Å². The number of aryl methyl sites for hydroxylation is 1. The topological polar surface area (TPSA) is 63.6 Å². The molecule has 0 unspecified atom stereocenters. The highest BCUT2D eigenvalue weighted by atomic mass is 32.2. The Morgan fingerprint density at radius 3 is 2.94 bits per heavy atom. The second-order valence-electron chi connectivity index (χ2n) is 3.48. The molecule has 0 bridgehead atoms. The number of anilines is 1. The zero-order valence-electron chi connectivity index (χ0n) is 9.67. The summed E-state index contributed by atoms with van der Waals surface area (Å²) in [5.74, 6) is 0.636. The van der Waals surface area contributed by atoms with E-state index >= 15 is 0 Å². The zero-order valence-corrected chi connectivity index (χ0v) is 12.1. The van der Waals surface area contributed by atoms with Crippen LogP contribution >= 0.6 is 34.4 Å². The van der Waals surface area contributed by atoms with E-state index in [1.165, 1.54) is 28.0 Å². The van der Waals surface area contributed by atoms with Crippen LogP contribution < -0.4 is 5.32 Å². The Bertz CT molecular complexity index is 676. The molecule has 0 fully saturated rings. The molecule has 0 radical (unpaired) electrons. The molecule has 1 N–H and O–H groups in total. The van der Waals surface area contributed by atoms with E-state index in [-0.39, 0.29) is 0 Å². The van der Waals surface area contributed by atoms with Gasteiger partial charge in [0.2, 0.25) is 5.95 Å². The molecule has 0 aliphatic heterocycles. The third kappa shape index (κ3) is 2.18. The van der Waals surface area contributed by atoms with Crippen molar-refractivity contribution in [1.29, 1.82) is 0 Å². The van der Waals surface area contributed by atoms with Crippen molar-refractivity contribution in [2.45, 2.75) is 16.3 Å². The summed E-state index contributed by atoms with van der Waals surface area (Å²) in [6.45, 7) is 2.07. The highest BCUT2D eigenvalue weighted by molar-refractivity contribution is 8.01. The molecule has 0 aliphatic rings. The fourth-order valence-corrected chi connectivity index (χ4v) is 3.93. The van der Waals surface area contributed by atoms with Crippen LogP contribution in [0.2, 0.25) is 0 Å². The second-order valence-corrected chi connectivity index (χ2v) is 6.79. The Morgan fingerprint density at radius 1 is 1.33 bits per heavy atom. The molecule has 3 aromatic heterocycles. The molecule has 0 saturated carbocycles.